The van der Waals surface area contributed by atoms with Crippen LogP contribution < -0.4 is 4.72 Å². The molecule has 4 aliphatic rings. The number of allylic oxidation sites excluding steroid dienone is 2. The summed E-state index contributed by atoms with van der Waals surface area (Å²) in [6.45, 7) is 3.92. The summed E-state index contributed by atoms with van der Waals surface area (Å²) in [7, 11) is -2.22. The van der Waals surface area contributed by atoms with Crippen LogP contribution >= 0.6 is 0 Å². The summed E-state index contributed by atoms with van der Waals surface area (Å²) in [4.78, 5) is 41.8. The van der Waals surface area contributed by atoms with Crippen molar-refractivity contribution in [3.63, 3.8) is 0 Å². The third kappa shape index (κ3) is 4.83. The number of sulfonamides is 1. The molecule has 0 aromatic carbocycles. The Hall–Kier alpha value is -1.74. The number of nitrogens with one attached hydrogen (secondary N) is 1. The van der Waals surface area contributed by atoms with Crippen LogP contribution in [-0.4, -0.2) is 61.5 Å². The lowest BCUT2D eigenvalue weighted by Gasteiger charge is -2.28. The van der Waals surface area contributed by atoms with Crippen molar-refractivity contribution in [3.05, 3.63) is 12.2 Å². The van der Waals surface area contributed by atoms with Gasteiger partial charge in [-0.2, -0.15) is 0 Å². The van der Waals surface area contributed by atoms with Crippen molar-refractivity contribution in [3.8, 4) is 0 Å². The molecular formula is C25H38N2O6S. The second-order valence-corrected chi connectivity index (χ2v) is 13.3. The summed E-state index contributed by atoms with van der Waals surface area (Å²) >= 11 is 0. The van der Waals surface area contributed by atoms with E-state index in [1.54, 1.807) is 18.9 Å². The molecular weight excluding hydrogens is 456 g/mol. The van der Waals surface area contributed by atoms with E-state index < -0.39 is 32.1 Å². The largest absolute Gasteiger partial charge is 0.380 e. The average molecular weight is 495 g/mol. The SMILES string of the molecule is CO[C@@H]1C[C@H]2C(=O)C[C@]3(C(=O)NS(=O)(=O)C4(C)CC4)C[C@H]3/C=C\CCCCC[C@H](C)C(=O)N2C1. The van der Waals surface area contributed by atoms with E-state index in [-0.39, 0.29) is 36.1 Å². The maximum Gasteiger partial charge on any atom is 0.240 e. The van der Waals surface area contributed by atoms with Gasteiger partial charge in [0.2, 0.25) is 21.8 Å². The fourth-order valence-electron chi connectivity index (χ4n) is 5.42. The van der Waals surface area contributed by atoms with E-state index in [4.69, 9.17) is 4.74 Å². The van der Waals surface area contributed by atoms with E-state index >= 15 is 0 Å². The third-order valence-electron chi connectivity index (χ3n) is 8.45. The van der Waals surface area contributed by atoms with Crippen LogP contribution in [-0.2, 0) is 29.1 Å². The van der Waals surface area contributed by atoms with Gasteiger partial charge in [-0.25, -0.2) is 8.42 Å². The first-order valence-corrected chi connectivity index (χ1v) is 14.1. The summed E-state index contributed by atoms with van der Waals surface area (Å²) < 4.78 is 32.4. The summed E-state index contributed by atoms with van der Waals surface area (Å²) in [5.74, 6) is -1.16. The molecule has 0 spiro atoms. The van der Waals surface area contributed by atoms with E-state index in [1.807, 2.05) is 13.0 Å². The number of ketones is 1. The normalized spacial score (nSPS) is 37.1. The Kier molecular flexibility index (Phi) is 6.99. The number of amides is 2. The summed E-state index contributed by atoms with van der Waals surface area (Å²) in [5, 5.41) is 0. The number of nitrogens with zero attached hydrogens (tertiary/aromatic N) is 1. The van der Waals surface area contributed by atoms with Gasteiger partial charge in [-0.15, -0.1) is 0 Å². The predicted octanol–water partition coefficient (Wildman–Crippen LogP) is 2.72. The maximum absolute atomic E-state index is 13.6. The first kappa shape index (κ1) is 25.4. The lowest BCUT2D eigenvalue weighted by atomic mass is 9.91. The van der Waals surface area contributed by atoms with Gasteiger partial charge < -0.3 is 9.64 Å². The second kappa shape index (κ2) is 9.37. The molecule has 0 aromatic rings. The van der Waals surface area contributed by atoms with Crippen molar-refractivity contribution in [2.75, 3.05) is 13.7 Å². The number of rotatable bonds is 4. The minimum absolute atomic E-state index is 0.0408. The lowest BCUT2D eigenvalue weighted by molar-refractivity contribution is -0.141. The molecule has 2 amide bonds. The third-order valence-corrected chi connectivity index (χ3v) is 10.6. The van der Waals surface area contributed by atoms with Gasteiger partial charge in [-0.05, 0) is 51.4 Å². The fraction of sp³-hybridized carbons (Fsp3) is 0.800. The Morgan fingerprint density at radius 1 is 1.21 bits per heavy atom. The molecule has 5 atom stereocenters. The van der Waals surface area contributed by atoms with Gasteiger partial charge in [0.25, 0.3) is 0 Å². The van der Waals surface area contributed by atoms with Crippen molar-refractivity contribution in [1.29, 1.82) is 0 Å². The number of carbonyl (C=O) groups excluding carboxylic acids is 3. The molecule has 1 saturated heterocycles. The van der Waals surface area contributed by atoms with Crippen LogP contribution in [0.1, 0.15) is 78.1 Å². The molecule has 0 radical (unpaired) electrons. The standard InChI is InChI=1S/C25H38N2O6S/c1-17-9-7-5-4-6-8-10-18-14-25(18,23(30)26-34(31,32)24(2)11-12-24)15-21(28)20-13-19(33-3)16-27(20)22(17)29/h8,10,17-20H,4-7,9,11-16H2,1-3H3,(H,26,30)/b10-8-/t17-,18+,19+,20-,25+/m0/s1. The molecule has 0 bridgehead atoms. The van der Waals surface area contributed by atoms with Gasteiger partial charge >= 0.3 is 0 Å². The van der Waals surface area contributed by atoms with Gasteiger partial charge in [0.15, 0.2) is 5.78 Å². The zero-order valence-electron chi connectivity index (χ0n) is 20.5. The molecule has 3 fully saturated rings. The topological polar surface area (TPSA) is 110 Å². The highest BCUT2D eigenvalue weighted by atomic mass is 32.2. The van der Waals surface area contributed by atoms with Crippen molar-refractivity contribution < 1.29 is 27.5 Å². The predicted molar refractivity (Wildman–Crippen MR) is 127 cm³/mol. The lowest BCUT2D eigenvalue weighted by Crippen LogP contribution is -2.46. The van der Waals surface area contributed by atoms with Crippen LogP contribution in [0.2, 0.25) is 0 Å². The van der Waals surface area contributed by atoms with Crippen molar-refractivity contribution in [2.45, 2.75) is 94.9 Å². The van der Waals surface area contributed by atoms with Gasteiger partial charge in [-0.3, -0.25) is 19.1 Å². The molecule has 2 heterocycles. The van der Waals surface area contributed by atoms with Crippen molar-refractivity contribution in [2.24, 2.45) is 17.3 Å². The average Bonchev–Trinajstić information content (AvgIpc) is 3.66. The van der Waals surface area contributed by atoms with Gasteiger partial charge in [-0.1, -0.05) is 31.9 Å². The Morgan fingerprint density at radius 3 is 2.62 bits per heavy atom. The second-order valence-electron chi connectivity index (χ2n) is 11.1. The number of carbonyl (C=O) groups is 3. The molecule has 2 aliphatic heterocycles. The summed E-state index contributed by atoms with van der Waals surface area (Å²) in [6, 6.07) is -0.641. The van der Waals surface area contributed by atoms with Crippen molar-refractivity contribution in [1.82, 2.24) is 9.62 Å². The molecule has 2 aliphatic carbocycles. The van der Waals surface area contributed by atoms with E-state index in [1.165, 1.54) is 0 Å². The number of Topliss-reactive ketones (excluding diaryl/α,β-unsaturated/α-hetero) is 1. The highest BCUT2D eigenvalue weighted by molar-refractivity contribution is 7.91. The van der Waals surface area contributed by atoms with Crippen molar-refractivity contribution >= 4 is 27.6 Å². The molecule has 4 rings (SSSR count). The van der Waals surface area contributed by atoms with Crippen LogP contribution in [0, 0.1) is 17.3 Å². The molecule has 0 unspecified atom stereocenters. The van der Waals surface area contributed by atoms with Crippen LogP contribution in [0.15, 0.2) is 12.2 Å². The molecule has 0 aromatic heterocycles. The van der Waals surface area contributed by atoms with Crippen LogP contribution in [0.3, 0.4) is 0 Å². The summed E-state index contributed by atoms with van der Waals surface area (Å²) in [5.41, 5.74) is -1.07. The number of ether oxygens (including phenoxy) is 1. The zero-order valence-corrected chi connectivity index (χ0v) is 21.4. The number of hydrogen-bond acceptors (Lipinski definition) is 6. The Morgan fingerprint density at radius 2 is 1.94 bits per heavy atom. The first-order valence-electron chi connectivity index (χ1n) is 12.6. The first-order chi connectivity index (χ1) is 16.0. The van der Waals surface area contributed by atoms with E-state index in [9.17, 15) is 22.8 Å². The molecule has 1 N–H and O–H groups in total. The van der Waals surface area contributed by atoms with Crippen LogP contribution in [0.25, 0.3) is 0 Å². The Labute approximate surface area is 202 Å². The minimum Gasteiger partial charge on any atom is -0.380 e. The fourth-order valence-corrected chi connectivity index (χ4v) is 6.76. The summed E-state index contributed by atoms with van der Waals surface area (Å²) in [6.07, 6.45) is 10.3. The van der Waals surface area contributed by atoms with Gasteiger partial charge in [0, 0.05) is 32.4 Å². The van der Waals surface area contributed by atoms with E-state index in [0.717, 1.165) is 32.1 Å². The zero-order chi connectivity index (χ0) is 24.7. The molecule has 8 nitrogen and oxygen atoms in total. The maximum atomic E-state index is 13.6. The monoisotopic (exact) mass is 494 g/mol. The van der Waals surface area contributed by atoms with Gasteiger partial charge in [0.1, 0.15) is 0 Å². The van der Waals surface area contributed by atoms with E-state index in [2.05, 4.69) is 10.8 Å². The van der Waals surface area contributed by atoms with Crippen LogP contribution in [0.4, 0.5) is 0 Å². The highest BCUT2D eigenvalue weighted by Gasteiger charge is 2.62. The number of fused-ring (bicyclic) bond motifs is 2. The van der Waals surface area contributed by atoms with E-state index in [0.29, 0.717) is 32.2 Å². The number of hydrogen-bond donors (Lipinski definition) is 1. The quantitative estimate of drug-likeness (QED) is 0.602. The minimum atomic E-state index is -3.80. The van der Waals surface area contributed by atoms with Gasteiger partial charge in [0.05, 0.1) is 22.3 Å². The molecule has 190 valence electrons. The highest BCUT2D eigenvalue weighted by Crippen LogP contribution is 2.57. The smallest absolute Gasteiger partial charge is 0.240 e. The molecule has 2 saturated carbocycles. The molecule has 34 heavy (non-hydrogen) atoms. The molecule has 9 heteroatoms. The Bertz CT molecular complexity index is 972. The Balaban J connectivity index is 1.59. The van der Waals surface area contributed by atoms with Crippen LogP contribution in [0.5, 0.6) is 0 Å². The number of methoxy groups -OCH3 is 1.